The van der Waals surface area contributed by atoms with Crippen molar-refractivity contribution < 1.29 is 21.6 Å². The number of alkyl halides is 3. The zero-order valence-electron chi connectivity index (χ0n) is 10.0. The predicted octanol–water partition coefficient (Wildman–Crippen LogP) is 3.65. The topological polar surface area (TPSA) is 46.2 Å². The monoisotopic (exact) mass is 321 g/mol. The first-order valence-corrected chi connectivity index (χ1v) is 7.90. The van der Waals surface area contributed by atoms with Crippen LogP contribution in [-0.2, 0) is 16.4 Å². The van der Waals surface area contributed by atoms with Gasteiger partial charge in [-0.25, -0.2) is 8.42 Å². The molecular weight excluding hydrogens is 311 g/mol. The zero-order chi connectivity index (χ0) is 14.8. The smallest absolute Gasteiger partial charge is 0.380 e. The molecule has 0 aliphatic carbocycles. The van der Waals surface area contributed by atoms with Gasteiger partial charge in [-0.2, -0.15) is 24.5 Å². The molecule has 0 aliphatic rings. The quantitative estimate of drug-likeness (QED) is 0.935. The molecule has 1 heterocycles. The average Bonchev–Trinajstić information content (AvgIpc) is 2.88. The van der Waals surface area contributed by atoms with Gasteiger partial charge >= 0.3 is 5.51 Å². The summed E-state index contributed by atoms with van der Waals surface area (Å²) in [5, 5.41) is 6.38. The Balaban J connectivity index is 2.32. The Kier molecular flexibility index (Phi) is 4.05. The minimum Gasteiger partial charge on any atom is -0.380 e. The van der Waals surface area contributed by atoms with Crippen molar-refractivity contribution >= 4 is 26.9 Å². The van der Waals surface area contributed by atoms with Gasteiger partial charge in [-0.1, -0.05) is 12.1 Å². The van der Waals surface area contributed by atoms with Gasteiger partial charge in [-0.3, -0.25) is 0 Å². The van der Waals surface area contributed by atoms with Gasteiger partial charge in [-0.05, 0) is 34.5 Å². The minimum absolute atomic E-state index is 0.0592. The highest BCUT2D eigenvalue weighted by Gasteiger charge is 2.47. The van der Waals surface area contributed by atoms with Crippen LogP contribution in [0.3, 0.4) is 0 Å². The van der Waals surface area contributed by atoms with E-state index in [1.807, 2.05) is 10.8 Å². The zero-order valence-corrected chi connectivity index (χ0v) is 11.6. The van der Waals surface area contributed by atoms with E-state index in [0.29, 0.717) is 0 Å². The number of para-hydroxylation sites is 1. The van der Waals surface area contributed by atoms with E-state index in [2.05, 4.69) is 5.32 Å². The number of nitrogens with one attached hydrogen (secondary N) is 1. The molecule has 8 heteroatoms. The van der Waals surface area contributed by atoms with Crippen LogP contribution in [0.5, 0.6) is 0 Å². The standard InChI is InChI=1S/C12H10F3NO2S2/c13-12(14,15)20(17,18)11-4-2-1-3-10(11)16-7-9-5-6-19-8-9/h1-6,8,16H,7H2. The maximum absolute atomic E-state index is 12.6. The maximum Gasteiger partial charge on any atom is 0.501 e. The van der Waals surface area contributed by atoms with Crippen LogP contribution in [0.2, 0.25) is 0 Å². The van der Waals surface area contributed by atoms with Crippen LogP contribution in [0.25, 0.3) is 0 Å². The fourth-order valence-corrected chi connectivity index (χ4v) is 3.17. The second-order valence-electron chi connectivity index (χ2n) is 3.93. The third-order valence-electron chi connectivity index (χ3n) is 2.54. The van der Waals surface area contributed by atoms with Gasteiger partial charge in [-0.15, -0.1) is 0 Å². The number of hydrogen-bond acceptors (Lipinski definition) is 4. The van der Waals surface area contributed by atoms with E-state index in [0.717, 1.165) is 11.6 Å². The Morgan fingerprint density at radius 2 is 1.85 bits per heavy atom. The van der Waals surface area contributed by atoms with E-state index in [4.69, 9.17) is 0 Å². The number of anilines is 1. The van der Waals surface area contributed by atoms with Crippen LogP contribution in [0.4, 0.5) is 18.9 Å². The largest absolute Gasteiger partial charge is 0.501 e. The van der Waals surface area contributed by atoms with Gasteiger partial charge in [0.1, 0.15) is 0 Å². The normalized spacial score (nSPS) is 12.3. The summed E-state index contributed by atoms with van der Waals surface area (Å²) in [4.78, 5) is -0.761. The van der Waals surface area contributed by atoms with Gasteiger partial charge in [0.15, 0.2) is 0 Å². The van der Waals surface area contributed by atoms with E-state index >= 15 is 0 Å². The Morgan fingerprint density at radius 1 is 1.15 bits per heavy atom. The first-order chi connectivity index (χ1) is 9.32. The average molecular weight is 321 g/mol. The molecule has 0 saturated heterocycles. The molecule has 0 fully saturated rings. The van der Waals surface area contributed by atoms with E-state index in [-0.39, 0.29) is 12.2 Å². The molecular formula is C12H10F3NO2S2. The summed E-state index contributed by atoms with van der Waals surface area (Å²) in [5.74, 6) is 0. The van der Waals surface area contributed by atoms with E-state index in [9.17, 15) is 21.6 Å². The summed E-state index contributed by atoms with van der Waals surface area (Å²) in [6.07, 6.45) is 0. The molecule has 1 aromatic carbocycles. The lowest BCUT2D eigenvalue weighted by Crippen LogP contribution is -2.24. The van der Waals surface area contributed by atoms with Crippen LogP contribution in [-0.4, -0.2) is 13.9 Å². The van der Waals surface area contributed by atoms with Crippen molar-refractivity contribution in [3.05, 3.63) is 46.7 Å². The van der Waals surface area contributed by atoms with Crippen molar-refractivity contribution in [3.63, 3.8) is 0 Å². The van der Waals surface area contributed by atoms with Crippen LogP contribution in [0.1, 0.15) is 5.56 Å². The Labute approximate surface area is 118 Å². The molecule has 0 atom stereocenters. The molecule has 108 valence electrons. The molecule has 0 aliphatic heterocycles. The van der Waals surface area contributed by atoms with Crippen molar-refractivity contribution in [3.8, 4) is 0 Å². The molecule has 0 spiro atoms. The molecule has 0 bridgehead atoms. The highest BCUT2D eigenvalue weighted by Crippen LogP contribution is 2.34. The van der Waals surface area contributed by atoms with Gasteiger partial charge in [0.25, 0.3) is 9.84 Å². The van der Waals surface area contributed by atoms with Crippen molar-refractivity contribution in [1.82, 2.24) is 0 Å². The van der Waals surface area contributed by atoms with Gasteiger partial charge in [0.05, 0.1) is 10.6 Å². The fraction of sp³-hybridized carbons (Fsp3) is 0.167. The lowest BCUT2D eigenvalue weighted by atomic mass is 10.3. The van der Waals surface area contributed by atoms with Gasteiger partial charge < -0.3 is 5.32 Å². The second-order valence-corrected chi connectivity index (χ2v) is 6.62. The summed E-state index contributed by atoms with van der Waals surface area (Å²) in [6.45, 7) is 0.258. The van der Waals surface area contributed by atoms with Gasteiger partial charge in [0.2, 0.25) is 0 Å². The summed E-state index contributed by atoms with van der Waals surface area (Å²) in [7, 11) is -5.36. The first kappa shape index (κ1) is 14.9. The molecule has 0 radical (unpaired) electrons. The highest BCUT2D eigenvalue weighted by atomic mass is 32.2. The predicted molar refractivity (Wildman–Crippen MR) is 71.3 cm³/mol. The van der Waals surface area contributed by atoms with Crippen LogP contribution < -0.4 is 5.32 Å². The molecule has 0 amide bonds. The fourth-order valence-electron chi connectivity index (χ4n) is 1.56. The molecule has 0 unspecified atom stereocenters. The van der Waals surface area contributed by atoms with Crippen molar-refractivity contribution in [2.75, 3.05) is 5.32 Å². The Hall–Kier alpha value is -1.54. The van der Waals surface area contributed by atoms with Crippen molar-refractivity contribution in [2.24, 2.45) is 0 Å². The number of rotatable bonds is 4. The number of halogens is 3. The van der Waals surface area contributed by atoms with E-state index in [1.165, 1.54) is 29.5 Å². The number of thiophene rings is 1. The summed E-state index contributed by atoms with van der Waals surface area (Å²) >= 11 is 1.45. The van der Waals surface area contributed by atoms with E-state index in [1.54, 1.807) is 6.07 Å². The number of sulfone groups is 1. The van der Waals surface area contributed by atoms with Crippen LogP contribution >= 0.6 is 11.3 Å². The van der Waals surface area contributed by atoms with Crippen LogP contribution in [0.15, 0.2) is 46.0 Å². The van der Waals surface area contributed by atoms with Gasteiger partial charge in [0, 0.05) is 6.54 Å². The number of hydrogen-bond donors (Lipinski definition) is 1. The second kappa shape index (κ2) is 5.45. The summed E-state index contributed by atoms with van der Waals surface area (Å²) in [5.41, 5.74) is -4.50. The third kappa shape index (κ3) is 2.96. The minimum atomic E-state index is -5.36. The Bertz CT molecular complexity index is 679. The first-order valence-electron chi connectivity index (χ1n) is 5.48. The maximum atomic E-state index is 12.6. The van der Waals surface area contributed by atoms with Crippen molar-refractivity contribution in [1.29, 1.82) is 0 Å². The lowest BCUT2D eigenvalue weighted by molar-refractivity contribution is -0.0435. The highest BCUT2D eigenvalue weighted by molar-refractivity contribution is 7.92. The molecule has 2 rings (SSSR count). The lowest BCUT2D eigenvalue weighted by Gasteiger charge is -2.13. The SMILES string of the molecule is O=S(=O)(c1ccccc1NCc1ccsc1)C(F)(F)F. The van der Waals surface area contributed by atoms with E-state index < -0.39 is 20.2 Å². The molecule has 1 N–H and O–H groups in total. The van der Waals surface area contributed by atoms with Crippen molar-refractivity contribution in [2.45, 2.75) is 16.9 Å². The molecule has 20 heavy (non-hydrogen) atoms. The van der Waals surface area contributed by atoms with Crippen LogP contribution in [0, 0.1) is 0 Å². The third-order valence-corrected chi connectivity index (χ3v) is 4.82. The molecule has 3 nitrogen and oxygen atoms in total. The molecule has 1 aromatic heterocycles. The Morgan fingerprint density at radius 3 is 2.45 bits per heavy atom. The summed E-state index contributed by atoms with van der Waals surface area (Å²) in [6, 6.07) is 6.79. The number of benzene rings is 1. The summed E-state index contributed by atoms with van der Waals surface area (Å²) < 4.78 is 60.7. The molecule has 2 aromatic rings. The molecule has 0 saturated carbocycles.